The van der Waals surface area contributed by atoms with Crippen LogP contribution in [0.2, 0.25) is 0 Å². The largest absolute Gasteiger partial charge is 0.344 e. The summed E-state index contributed by atoms with van der Waals surface area (Å²) in [5.41, 5.74) is 1.05. The van der Waals surface area contributed by atoms with E-state index in [9.17, 15) is 4.79 Å². The average molecular weight is 293 g/mol. The number of ketones is 1. The Morgan fingerprint density at radius 1 is 1.30 bits per heavy atom. The van der Waals surface area contributed by atoms with Crippen molar-refractivity contribution in [1.82, 2.24) is 9.88 Å². The molecule has 110 valence electrons. The van der Waals surface area contributed by atoms with Crippen LogP contribution >= 0.6 is 11.3 Å². The molecule has 0 N–H and O–H groups in total. The Bertz CT molecular complexity index is 499. The van der Waals surface area contributed by atoms with Gasteiger partial charge in [0.05, 0.1) is 10.6 Å². The van der Waals surface area contributed by atoms with Crippen LogP contribution in [0.4, 0.5) is 5.13 Å². The number of hydrogen-bond acceptors (Lipinski definition) is 5. The molecular weight excluding hydrogens is 270 g/mol. The molecule has 3 rings (SSSR count). The fourth-order valence-electron chi connectivity index (χ4n) is 3.22. The SMILES string of the molecule is CCC1CN(C)CCCN1c1nc2c(s1)C(=O)CCC2. The van der Waals surface area contributed by atoms with Gasteiger partial charge in [0.2, 0.25) is 0 Å². The molecule has 1 fully saturated rings. The van der Waals surface area contributed by atoms with Gasteiger partial charge in [-0.05, 0) is 39.3 Å². The Morgan fingerprint density at radius 3 is 2.90 bits per heavy atom. The molecule has 1 saturated heterocycles. The van der Waals surface area contributed by atoms with Gasteiger partial charge < -0.3 is 9.80 Å². The number of hydrogen-bond donors (Lipinski definition) is 0. The maximum absolute atomic E-state index is 12.0. The second kappa shape index (κ2) is 5.82. The van der Waals surface area contributed by atoms with E-state index in [1.807, 2.05) is 0 Å². The van der Waals surface area contributed by atoms with Crippen molar-refractivity contribution in [1.29, 1.82) is 0 Å². The second-order valence-corrected chi connectivity index (χ2v) is 6.90. The summed E-state index contributed by atoms with van der Waals surface area (Å²) >= 11 is 1.63. The van der Waals surface area contributed by atoms with E-state index in [1.165, 1.54) is 6.42 Å². The van der Waals surface area contributed by atoms with Crippen LogP contribution in [0.5, 0.6) is 0 Å². The summed E-state index contributed by atoms with van der Waals surface area (Å²) in [7, 11) is 2.20. The van der Waals surface area contributed by atoms with Crippen molar-refractivity contribution in [3.05, 3.63) is 10.6 Å². The van der Waals surface area contributed by atoms with Gasteiger partial charge >= 0.3 is 0 Å². The highest BCUT2D eigenvalue weighted by molar-refractivity contribution is 7.17. The minimum atomic E-state index is 0.301. The quantitative estimate of drug-likeness (QED) is 0.840. The maximum Gasteiger partial charge on any atom is 0.186 e. The van der Waals surface area contributed by atoms with Gasteiger partial charge in [0.25, 0.3) is 0 Å². The standard InChI is InChI=1S/C15H23N3OS/c1-3-11-10-17(2)8-5-9-18(11)15-16-12-6-4-7-13(19)14(12)20-15/h11H,3-10H2,1-2H3. The number of aromatic nitrogens is 1. The zero-order chi connectivity index (χ0) is 14.1. The first-order valence-electron chi connectivity index (χ1n) is 7.67. The molecule has 5 heteroatoms. The summed E-state index contributed by atoms with van der Waals surface area (Å²) < 4.78 is 0. The number of carbonyl (C=O) groups excluding carboxylic acids is 1. The first-order chi connectivity index (χ1) is 9.69. The van der Waals surface area contributed by atoms with Gasteiger partial charge in [-0.25, -0.2) is 4.98 Å². The zero-order valence-electron chi connectivity index (χ0n) is 12.4. The van der Waals surface area contributed by atoms with Gasteiger partial charge in [0, 0.05) is 25.6 Å². The van der Waals surface area contributed by atoms with E-state index < -0.39 is 0 Å². The molecule has 1 aromatic rings. The van der Waals surface area contributed by atoms with E-state index in [0.717, 1.165) is 54.6 Å². The number of aryl methyl sites for hydroxylation is 1. The molecule has 4 nitrogen and oxygen atoms in total. The minimum Gasteiger partial charge on any atom is -0.344 e. The lowest BCUT2D eigenvalue weighted by atomic mass is 10.0. The van der Waals surface area contributed by atoms with Gasteiger partial charge in [0.15, 0.2) is 10.9 Å². The maximum atomic E-state index is 12.0. The molecule has 2 aliphatic rings. The lowest BCUT2D eigenvalue weighted by molar-refractivity contribution is 0.0976. The van der Waals surface area contributed by atoms with Crippen LogP contribution in [0.1, 0.15) is 48.0 Å². The predicted molar refractivity (Wildman–Crippen MR) is 82.9 cm³/mol. The highest BCUT2D eigenvalue weighted by atomic mass is 32.1. The summed E-state index contributed by atoms with van der Waals surface area (Å²) in [4.78, 5) is 22.6. The van der Waals surface area contributed by atoms with E-state index in [1.54, 1.807) is 11.3 Å². The van der Waals surface area contributed by atoms with E-state index in [-0.39, 0.29) is 0 Å². The monoisotopic (exact) mass is 293 g/mol. The van der Waals surface area contributed by atoms with E-state index >= 15 is 0 Å². The molecule has 20 heavy (non-hydrogen) atoms. The predicted octanol–water partition coefficient (Wildman–Crippen LogP) is 2.58. The van der Waals surface area contributed by atoms with Gasteiger partial charge in [-0.3, -0.25) is 4.79 Å². The van der Waals surface area contributed by atoms with Crippen LogP contribution in [0.3, 0.4) is 0 Å². The van der Waals surface area contributed by atoms with Gasteiger partial charge in [-0.15, -0.1) is 0 Å². The zero-order valence-corrected chi connectivity index (χ0v) is 13.2. The third-order valence-electron chi connectivity index (χ3n) is 4.38. The molecular formula is C15H23N3OS. The number of likely N-dealkylation sites (N-methyl/N-ethyl adjacent to an activating group) is 1. The van der Waals surface area contributed by atoms with Crippen molar-refractivity contribution in [2.75, 3.05) is 31.6 Å². The fourth-order valence-corrected chi connectivity index (χ4v) is 4.40. The molecule has 1 aromatic heterocycles. The lowest BCUT2D eigenvalue weighted by Crippen LogP contribution is -2.39. The molecule has 1 aliphatic carbocycles. The van der Waals surface area contributed by atoms with Crippen molar-refractivity contribution in [3.63, 3.8) is 0 Å². The summed E-state index contributed by atoms with van der Waals surface area (Å²) in [5.74, 6) is 0.301. The number of carbonyl (C=O) groups is 1. The van der Waals surface area contributed by atoms with Crippen LogP contribution in [0.15, 0.2) is 0 Å². The van der Waals surface area contributed by atoms with E-state index in [4.69, 9.17) is 4.98 Å². The molecule has 1 aliphatic heterocycles. The molecule has 0 spiro atoms. The third kappa shape index (κ3) is 2.61. The summed E-state index contributed by atoms with van der Waals surface area (Å²) in [6.07, 6.45) is 4.94. The van der Waals surface area contributed by atoms with Crippen LogP contribution in [0, 0.1) is 0 Å². The van der Waals surface area contributed by atoms with Crippen LogP contribution < -0.4 is 4.90 Å². The molecule has 0 amide bonds. The van der Waals surface area contributed by atoms with Crippen LogP contribution in [0.25, 0.3) is 0 Å². The number of anilines is 1. The fraction of sp³-hybridized carbons (Fsp3) is 0.733. The van der Waals surface area contributed by atoms with Crippen molar-refractivity contribution in [3.8, 4) is 0 Å². The summed E-state index contributed by atoms with van der Waals surface area (Å²) in [5, 5.41) is 1.08. The smallest absolute Gasteiger partial charge is 0.186 e. The Labute approximate surface area is 124 Å². The van der Waals surface area contributed by atoms with Gasteiger partial charge in [-0.1, -0.05) is 18.3 Å². The molecule has 0 bridgehead atoms. The summed E-state index contributed by atoms with van der Waals surface area (Å²) in [6.45, 7) is 5.55. The van der Waals surface area contributed by atoms with Crippen molar-refractivity contribution in [2.45, 2.75) is 45.1 Å². The van der Waals surface area contributed by atoms with E-state index in [0.29, 0.717) is 18.2 Å². The Morgan fingerprint density at radius 2 is 2.15 bits per heavy atom. The highest BCUT2D eigenvalue weighted by Crippen LogP contribution is 2.33. The molecule has 0 radical (unpaired) electrons. The van der Waals surface area contributed by atoms with E-state index in [2.05, 4.69) is 23.8 Å². The van der Waals surface area contributed by atoms with Crippen LogP contribution in [-0.4, -0.2) is 48.4 Å². The number of Topliss-reactive ketones (excluding diaryl/α,β-unsaturated/α-hetero) is 1. The Kier molecular flexibility index (Phi) is 4.08. The van der Waals surface area contributed by atoms with Crippen molar-refractivity contribution >= 4 is 22.3 Å². The first kappa shape index (κ1) is 14.0. The second-order valence-electron chi connectivity index (χ2n) is 5.92. The number of thiazole rings is 1. The van der Waals surface area contributed by atoms with Crippen molar-refractivity contribution in [2.24, 2.45) is 0 Å². The molecule has 0 aromatic carbocycles. The minimum absolute atomic E-state index is 0.301. The topological polar surface area (TPSA) is 36.4 Å². The molecule has 2 heterocycles. The van der Waals surface area contributed by atoms with Gasteiger partial charge in [-0.2, -0.15) is 0 Å². The molecule has 1 unspecified atom stereocenters. The number of rotatable bonds is 2. The third-order valence-corrected chi connectivity index (χ3v) is 5.55. The average Bonchev–Trinajstić information content (AvgIpc) is 2.77. The Balaban J connectivity index is 1.88. The first-order valence-corrected chi connectivity index (χ1v) is 8.48. The Hall–Kier alpha value is -0.940. The highest BCUT2D eigenvalue weighted by Gasteiger charge is 2.28. The van der Waals surface area contributed by atoms with Gasteiger partial charge in [0.1, 0.15) is 0 Å². The number of fused-ring (bicyclic) bond motifs is 1. The normalized spacial score (nSPS) is 24.6. The van der Waals surface area contributed by atoms with Crippen molar-refractivity contribution < 1.29 is 4.79 Å². The number of nitrogens with zero attached hydrogens (tertiary/aromatic N) is 3. The molecule has 0 saturated carbocycles. The molecule has 1 atom stereocenters. The summed E-state index contributed by atoms with van der Waals surface area (Å²) in [6, 6.07) is 0.519. The van der Waals surface area contributed by atoms with Crippen LogP contribution in [-0.2, 0) is 6.42 Å². The lowest BCUT2D eigenvalue weighted by Gasteiger charge is -2.29.